The molecule has 0 fully saturated rings. The van der Waals surface area contributed by atoms with Gasteiger partial charge in [-0.3, -0.25) is 14.4 Å². The van der Waals surface area contributed by atoms with Crippen molar-refractivity contribution in [1.82, 2.24) is 0 Å². The summed E-state index contributed by atoms with van der Waals surface area (Å²) in [6, 6.07) is 0. The molecule has 388 valence electrons. The quantitative estimate of drug-likeness (QED) is 0.0199. The molecule has 0 saturated heterocycles. The molecule has 1 unspecified atom stereocenters. The van der Waals surface area contributed by atoms with Gasteiger partial charge in [0.1, 0.15) is 13.2 Å². The van der Waals surface area contributed by atoms with Crippen LogP contribution in [0.25, 0.3) is 0 Å². The van der Waals surface area contributed by atoms with Gasteiger partial charge in [0.2, 0.25) is 0 Å². The number of carbonyl (C=O) groups is 3. The topological polar surface area (TPSA) is 78.9 Å². The molecule has 67 heavy (non-hydrogen) atoms. The Balaban J connectivity index is 4.38. The Hall–Kier alpha value is -2.89. The molecule has 0 bridgehead atoms. The lowest BCUT2D eigenvalue weighted by molar-refractivity contribution is -0.167. The molecule has 0 saturated carbocycles. The Morgan fingerprint density at radius 3 is 0.955 bits per heavy atom. The standard InChI is InChI=1S/C61H108O6/c1-4-7-10-13-16-19-22-25-28-29-30-31-34-36-39-42-45-48-51-54-60(63)66-57-58(67-61(64)55-52-49-46-43-40-37-33-27-24-21-18-15-12-9-6-3)56-65-59(62)53-50-47-44-41-38-35-32-26-23-20-17-14-11-8-5-2/h9,12,15,18,21,24,27,29-30,33,58H,4-8,10-11,13-14,16-17,19-20,22-23,25-26,28,31-32,34-57H2,1-3H3/b12-9-,18-15-,24-21-,30-29-,33-27-. The Kier molecular flexibility index (Phi) is 53.3. The Morgan fingerprint density at radius 1 is 0.313 bits per heavy atom. The van der Waals surface area contributed by atoms with Crippen LogP contribution >= 0.6 is 0 Å². The Labute approximate surface area is 415 Å². The van der Waals surface area contributed by atoms with E-state index >= 15 is 0 Å². The molecule has 0 aliphatic rings. The van der Waals surface area contributed by atoms with Gasteiger partial charge in [-0.1, -0.05) is 268 Å². The van der Waals surface area contributed by atoms with Crippen LogP contribution in [0.15, 0.2) is 60.8 Å². The van der Waals surface area contributed by atoms with Gasteiger partial charge in [0.15, 0.2) is 6.10 Å². The van der Waals surface area contributed by atoms with E-state index in [1.165, 1.54) is 167 Å². The lowest BCUT2D eigenvalue weighted by atomic mass is 10.0. The minimum absolute atomic E-state index is 0.0828. The molecule has 0 rings (SSSR count). The van der Waals surface area contributed by atoms with Crippen LogP contribution < -0.4 is 0 Å². The van der Waals surface area contributed by atoms with Gasteiger partial charge >= 0.3 is 17.9 Å². The second kappa shape index (κ2) is 55.7. The molecule has 0 aromatic carbocycles. The van der Waals surface area contributed by atoms with Crippen molar-refractivity contribution in [1.29, 1.82) is 0 Å². The number of hydrogen-bond donors (Lipinski definition) is 0. The van der Waals surface area contributed by atoms with Gasteiger partial charge in [0, 0.05) is 19.3 Å². The van der Waals surface area contributed by atoms with E-state index in [1.54, 1.807) is 0 Å². The summed E-state index contributed by atoms with van der Waals surface area (Å²) < 4.78 is 16.9. The van der Waals surface area contributed by atoms with Crippen molar-refractivity contribution in [2.75, 3.05) is 13.2 Å². The van der Waals surface area contributed by atoms with Gasteiger partial charge in [-0.05, 0) is 64.2 Å². The summed E-state index contributed by atoms with van der Waals surface area (Å²) in [4.78, 5) is 38.1. The minimum Gasteiger partial charge on any atom is -0.462 e. The van der Waals surface area contributed by atoms with Crippen LogP contribution in [-0.2, 0) is 28.6 Å². The first-order valence-corrected chi connectivity index (χ1v) is 28.8. The van der Waals surface area contributed by atoms with Crippen molar-refractivity contribution < 1.29 is 28.6 Å². The highest BCUT2D eigenvalue weighted by atomic mass is 16.6. The molecule has 0 aliphatic heterocycles. The number of esters is 3. The zero-order chi connectivity index (χ0) is 48.6. The molecule has 6 nitrogen and oxygen atoms in total. The highest BCUT2D eigenvalue weighted by Gasteiger charge is 2.19. The van der Waals surface area contributed by atoms with Crippen LogP contribution in [0.5, 0.6) is 0 Å². The molecule has 6 heteroatoms. The third kappa shape index (κ3) is 53.9. The molecular formula is C61H108O6. The maximum atomic E-state index is 12.8. The van der Waals surface area contributed by atoms with E-state index in [9.17, 15) is 14.4 Å². The third-order valence-corrected chi connectivity index (χ3v) is 12.6. The lowest BCUT2D eigenvalue weighted by Crippen LogP contribution is -2.30. The predicted molar refractivity (Wildman–Crippen MR) is 288 cm³/mol. The zero-order valence-corrected chi connectivity index (χ0v) is 44.4. The zero-order valence-electron chi connectivity index (χ0n) is 44.4. The van der Waals surface area contributed by atoms with E-state index in [4.69, 9.17) is 14.2 Å². The molecule has 0 spiro atoms. The van der Waals surface area contributed by atoms with Crippen LogP contribution in [0.1, 0.15) is 290 Å². The Bertz CT molecular complexity index is 1210. The van der Waals surface area contributed by atoms with E-state index in [0.717, 1.165) is 83.5 Å². The maximum Gasteiger partial charge on any atom is 0.306 e. The summed E-state index contributed by atoms with van der Waals surface area (Å²) in [5.74, 6) is -0.898. The van der Waals surface area contributed by atoms with Crippen LogP contribution in [-0.4, -0.2) is 37.2 Å². The highest BCUT2D eigenvalue weighted by molar-refractivity contribution is 5.71. The van der Waals surface area contributed by atoms with Gasteiger partial charge in [-0.2, -0.15) is 0 Å². The number of hydrogen-bond acceptors (Lipinski definition) is 6. The van der Waals surface area contributed by atoms with Crippen molar-refractivity contribution in [3.8, 4) is 0 Å². The summed E-state index contributed by atoms with van der Waals surface area (Å²) in [6.07, 6.45) is 69.2. The number of carbonyl (C=O) groups excluding carboxylic acids is 3. The number of rotatable bonds is 52. The maximum absolute atomic E-state index is 12.8. The van der Waals surface area contributed by atoms with Gasteiger partial charge < -0.3 is 14.2 Å². The summed E-state index contributed by atoms with van der Waals surface area (Å²) >= 11 is 0. The molecule has 0 radical (unpaired) electrons. The van der Waals surface area contributed by atoms with Crippen molar-refractivity contribution in [2.24, 2.45) is 0 Å². The second-order valence-electron chi connectivity index (χ2n) is 19.3. The monoisotopic (exact) mass is 937 g/mol. The summed E-state index contributed by atoms with van der Waals surface area (Å²) in [5.41, 5.74) is 0. The fraction of sp³-hybridized carbons (Fsp3) is 0.787. The highest BCUT2D eigenvalue weighted by Crippen LogP contribution is 2.16. The van der Waals surface area contributed by atoms with Crippen LogP contribution in [0.4, 0.5) is 0 Å². The summed E-state index contributed by atoms with van der Waals surface area (Å²) in [7, 11) is 0. The molecular weight excluding hydrogens is 829 g/mol. The summed E-state index contributed by atoms with van der Waals surface area (Å²) in [5, 5.41) is 0. The van der Waals surface area contributed by atoms with Crippen LogP contribution in [0, 0.1) is 0 Å². The average molecular weight is 938 g/mol. The van der Waals surface area contributed by atoms with Gasteiger partial charge in [-0.25, -0.2) is 0 Å². The van der Waals surface area contributed by atoms with E-state index in [0.29, 0.717) is 19.3 Å². The van der Waals surface area contributed by atoms with Gasteiger partial charge in [-0.15, -0.1) is 0 Å². The van der Waals surface area contributed by atoms with E-state index in [2.05, 4.69) is 63.3 Å². The molecule has 0 amide bonds. The minimum atomic E-state index is -0.787. The van der Waals surface area contributed by atoms with Gasteiger partial charge in [0.05, 0.1) is 0 Å². The average Bonchev–Trinajstić information content (AvgIpc) is 3.33. The fourth-order valence-corrected chi connectivity index (χ4v) is 8.27. The first-order chi connectivity index (χ1) is 33.0. The molecule has 0 aromatic rings. The lowest BCUT2D eigenvalue weighted by Gasteiger charge is -2.18. The van der Waals surface area contributed by atoms with Crippen molar-refractivity contribution in [3.05, 3.63) is 60.8 Å². The molecule has 1 atom stereocenters. The van der Waals surface area contributed by atoms with Gasteiger partial charge in [0.25, 0.3) is 0 Å². The fourth-order valence-electron chi connectivity index (χ4n) is 8.27. The second-order valence-corrected chi connectivity index (χ2v) is 19.3. The van der Waals surface area contributed by atoms with Crippen molar-refractivity contribution >= 4 is 17.9 Å². The molecule has 0 aromatic heterocycles. The smallest absolute Gasteiger partial charge is 0.306 e. The SMILES string of the molecule is CC\C=C/C=C\C=C/C=C\CCCCCCCC(=O)OC(COC(=O)CCCCCCCCC/C=C\CCCCCCCCCC)COC(=O)CCCCCCCCCCCCCCCCC. The predicted octanol–water partition coefficient (Wildman–Crippen LogP) is 19.2. The first-order valence-electron chi connectivity index (χ1n) is 28.8. The number of allylic oxidation sites excluding steroid dienone is 10. The van der Waals surface area contributed by atoms with E-state index in [-0.39, 0.29) is 31.1 Å². The van der Waals surface area contributed by atoms with Crippen LogP contribution in [0.3, 0.4) is 0 Å². The molecule has 0 N–H and O–H groups in total. The third-order valence-electron chi connectivity index (χ3n) is 12.6. The molecule has 0 aliphatic carbocycles. The normalized spacial score (nSPS) is 12.5. The first kappa shape index (κ1) is 64.1. The Morgan fingerprint density at radius 2 is 0.597 bits per heavy atom. The van der Waals surface area contributed by atoms with Crippen LogP contribution in [0.2, 0.25) is 0 Å². The largest absolute Gasteiger partial charge is 0.462 e. The van der Waals surface area contributed by atoms with E-state index in [1.807, 2.05) is 18.2 Å². The van der Waals surface area contributed by atoms with E-state index < -0.39 is 6.10 Å². The van der Waals surface area contributed by atoms with Crippen molar-refractivity contribution in [2.45, 2.75) is 297 Å². The molecule has 0 heterocycles. The number of ether oxygens (including phenoxy) is 3. The summed E-state index contributed by atoms with van der Waals surface area (Å²) in [6.45, 7) is 6.51. The van der Waals surface area contributed by atoms with Crippen molar-refractivity contribution in [3.63, 3.8) is 0 Å². The number of unbranched alkanes of at least 4 members (excludes halogenated alkanes) is 34.